The first-order valence-electron chi connectivity index (χ1n) is 9.61. The molecule has 0 radical (unpaired) electrons. The van der Waals surface area contributed by atoms with E-state index in [1.165, 1.54) is 42.1 Å². The molecule has 3 aromatic rings. The van der Waals surface area contributed by atoms with Gasteiger partial charge in [-0.25, -0.2) is 18.1 Å². The first kappa shape index (κ1) is 22.1. The molecule has 1 amide bonds. The Hall–Kier alpha value is -3.12. The number of hydrogen-bond acceptors (Lipinski definition) is 7. The van der Waals surface area contributed by atoms with Crippen LogP contribution in [-0.2, 0) is 9.84 Å². The molecule has 2 aromatic heterocycles. The fourth-order valence-electron chi connectivity index (χ4n) is 3.77. The molecule has 9 nitrogen and oxygen atoms in total. The minimum absolute atomic E-state index is 0.0700. The summed E-state index contributed by atoms with van der Waals surface area (Å²) in [4.78, 5) is 17.0. The lowest BCUT2D eigenvalue weighted by atomic mass is 10.1. The molecular formula is C20H20F2N4O5S. The van der Waals surface area contributed by atoms with Crippen molar-refractivity contribution in [2.75, 3.05) is 11.5 Å². The van der Waals surface area contributed by atoms with Gasteiger partial charge in [0.15, 0.2) is 15.5 Å². The van der Waals surface area contributed by atoms with E-state index in [2.05, 4.69) is 20.1 Å². The number of benzene rings is 1. The van der Waals surface area contributed by atoms with Crippen molar-refractivity contribution in [1.82, 2.24) is 20.1 Å². The van der Waals surface area contributed by atoms with Crippen molar-refractivity contribution in [2.45, 2.75) is 32.1 Å². The molecule has 0 spiro atoms. The molecule has 1 aliphatic heterocycles. The number of aliphatic hydroxyl groups is 1. The Morgan fingerprint density at radius 1 is 1.31 bits per heavy atom. The van der Waals surface area contributed by atoms with Crippen molar-refractivity contribution in [3.05, 3.63) is 47.8 Å². The summed E-state index contributed by atoms with van der Waals surface area (Å²) in [6.07, 6.45) is 0.297. The van der Waals surface area contributed by atoms with E-state index >= 15 is 0 Å². The second kappa shape index (κ2) is 7.78. The number of rotatable bonds is 6. The monoisotopic (exact) mass is 466 g/mol. The number of fused-ring (bicyclic) bond motifs is 1. The second-order valence-corrected chi connectivity index (χ2v) is 10.1. The lowest BCUT2D eigenvalue weighted by Crippen LogP contribution is -2.63. The Balaban J connectivity index is 1.71. The van der Waals surface area contributed by atoms with Crippen LogP contribution in [0.2, 0.25) is 0 Å². The number of pyridine rings is 1. The van der Waals surface area contributed by atoms with E-state index in [-0.39, 0.29) is 28.5 Å². The molecule has 1 fully saturated rings. The third-order valence-electron chi connectivity index (χ3n) is 4.99. The quantitative estimate of drug-likeness (QED) is 0.569. The van der Waals surface area contributed by atoms with Crippen molar-refractivity contribution >= 4 is 26.8 Å². The summed E-state index contributed by atoms with van der Waals surface area (Å²) in [7, 11) is -3.14. The summed E-state index contributed by atoms with van der Waals surface area (Å²) in [5, 5.41) is 17.6. The average molecular weight is 466 g/mol. The number of carbonyl (C=O) groups excluding carboxylic acids is 1. The van der Waals surface area contributed by atoms with Crippen molar-refractivity contribution in [1.29, 1.82) is 0 Å². The Bertz CT molecular complexity index is 1290. The fourth-order valence-corrected chi connectivity index (χ4v) is 5.78. The van der Waals surface area contributed by atoms with E-state index in [1.54, 1.807) is 13.0 Å². The number of hydrogen-bond donors (Lipinski definition) is 2. The maximum atomic E-state index is 12.7. The summed E-state index contributed by atoms with van der Waals surface area (Å²) >= 11 is 0. The van der Waals surface area contributed by atoms with Gasteiger partial charge >= 0.3 is 6.61 Å². The highest BCUT2D eigenvalue weighted by Crippen LogP contribution is 2.28. The molecule has 1 unspecified atom stereocenters. The van der Waals surface area contributed by atoms with Gasteiger partial charge in [0.05, 0.1) is 34.4 Å². The summed E-state index contributed by atoms with van der Waals surface area (Å²) in [6, 6.07) is 7.34. The molecule has 170 valence electrons. The van der Waals surface area contributed by atoms with Gasteiger partial charge < -0.3 is 15.2 Å². The number of nitrogens with one attached hydrogen (secondary N) is 1. The largest absolute Gasteiger partial charge is 0.435 e. The third-order valence-corrected chi connectivity index (χ3v) is 7.14. The molecule has 1 saturated heterocycles. The number of ether oxygens (including phenoxy) is 1. The van der Waals surface area contributed by atoms with E-state index in [0.29, 0.717) is 16.7 Å². The van der Waals surface area contributed by atoms with Crippen molar-refractivity contribution in [2.24, 2.45) is 0 Å². The smallest absolute Gasteiger partial charge is 0.387 e. The highest BCUT2D eigenvalue weighted by Gasteiger charge is 2.45. The number of aliphatic hydroxyl groups excluding tert-OH is 1. The molecule has 1 aliphatic rings. The van der Waals surface area contributed by atoms with Crippen LogP contribution in [-0.4, -0.2) is 57.9 Å². The average Bonchev–Trinajstić information content (AvgIpc) is 3.05. The van der Waals surface area contributed by atoms with Crippen LogP contribution in [0, 0.1) is 0 Å². The van der Waals surface area contributed by atoms with Crippen LogP contribution < -0.4 is 10.1 Å². The number of amides is 1. The van der Waals surface area contributed by atoms with E-state index < -0.39 is 34.0 Å². The molecule has 0 aliphatic carbocycles. The molecule has 32 heavy (non-hydrogen) atoms. The minimum atomic E-state index is -3.14. The first-order valence-corrected chi connectivity index (χ1v) is 11.4. The fraction of sp³-hybridized carbons (Fsp3) is 0.350. The lowest BCUT2D eigenvalue weighted by molar-refractivity contribution is -0.0498. The highest BCUT2D eigenvalue weighted by atomic mass is 32.2. The standard InChI is InChI=1S/C20H20F2N4O5S/c1-11(27)16-15-6-12(18(28)24-20(2)9-32(29,30)10-20)8-23-17(15)26(25-16)13-4-3-5-14(7-13)31-19(21)22/h3-8,11,19,27H,9-10H2,1-2H3,(H,24,28). The van der Waals surface area contributed by atoms with Gasteiger partial charge in [-0.15, -0.1) is 0 Å². The van der Waals surface area contributed by atoms with Crippen molar-refractivity contribution in [3.63, 3.8) is 0 Å². The van der Waals surface area contributed by atoms with Gasteiger partial charge in [-0.2, -0.15) is 13.9 Å². The first-order chi connectivity index (χ1) is 15.0. The number of carbonyl (C=O) groups is 1. The molecule has 4 rings (SSSR count). The Morgan fingerprint density at radius 3 is 2.66 bits per heavy atom. The second-order valence-electron chi connectivity index (χ2n) is 7.99. The number of sulfone groups is 1. The molecule has 0 bridgehead atoms. The lowest BCUT2D eigenvalue weighted by Gasteiger charge is -2.38. The van der Waals surface area contributed by atoms with E-state index in [9.17, 15) is 27.1 Å². The third kappa shape index (κ3) is 4.28. The zero-order valence-corrected chi connectivity index (χ0v) is 17.9. The molecule has 0 saturated carbocycles. The van der Waals surface area contributed by atoms with Gasteiger partial charge in [0.2, 0.25) is 0 Å². The molecule has 2 N–H and O–H groups in total. The van der Waals surface area contributed by atoms with Gasteiger partial charge in [-0.3, -0.25) is 4.79 Å². The Morgan fingerprint density at radius 2 is 2.03 bits per heavy atom. The van der Waals surface area contributed by atoms with Crippen LogP contribution in [0.3, 0.4) is 0 Å². The molecule has 12 heteroatoms. The van der Waals surface area contributed by atoms with Crippen LogP contribution in [0.15, 0.2) is 36.5 Å². The van der Waals surface area contributed by atoms with Crippen LogP contribution in [0.1, 0.15) is 36.0 Å². The summed E-state index contributed by atoms with van der Waals surface area (Å²) in [5.41, 5.74) is 0.216. The van der Waals surface area contributed by atoms with Gasteiger partial charge in [0.1, 0.15) is 11.4 Å². The maximum absolute atomic E-state index is 12.7. The van der Waals surface area contributed by atoms with Crippen LogP contribution in [0.25, 0.3) is 16.7 Å². The number of halogens is 2. The molecular weight excluding hydrogens is 446 g/mol. The summed E-state index contributed by atoms with van der Waals surface area (Å²) in [5.74, 6) is -0.863. The number of alkyl halides is 2. The zero-order chi connectivity index (χ0) is 23.3. The zero-order valence-electron chi connectivity index (χ0n) is 17.1. The Labute approximate surface area is 181 Å². The summed E-state index contributed by atoms with van der Waals surface area (Å²) < 4.78 is 53.9. The van der Waals surface area contributed by atoms with Gasteiger partial charge in [-0.1, -0.05) is 6.07 Å². The van der Waals surface area contributed by atoms with Gasteiger partial charge in [0, 0.05) is 17.6 Å². The van der Waals surface area contributed by atoms with Gasteiger partial charge in [0.25, 0.3) is 5.91 Å². The van der Waals surface area contributed by atoms with Crippen LogP contribution >= 0.6 is 0 Å². The SMILES string of the molecule is CC(O)c1nn(-c2cccc(OC(F)F)c2)c2ncc(C(=O)NC3(C)CS(=O)(=O)C3)cc12. The number of nitrogens with zero attached hydrogens (tertiary/aromatic N) is 3. The van der Waals surface area contributed by atoms with E-state index in [0.717, 1.165) is 0 Å². The Kier molecular flexibility index (Phi) is 5.37. The topological polar surface area (TPSA) is 123 Å². The maximum Gasteiger partial charge on any atom is 0.387 e. The number of aromatic nitrogens is 3. The molecule has 3 heterocycles. The minimum Gasteiger partial charge on any atom is -0.435 e. The van der Waals surface area contributed by atoms with E-state index in [1.807, 2.05) is 0 Å². The van der Waals surface area contributed by atoms with E-state index in [4.69, 9.17) is 0 Å². The van der Waals surface area contributed by atoms with Crippen LogP contribution in [0.4, 0.5) is 8.78 Å². The van der Waals surface area contributed by atoms with Gasteiger partial charge in [-0.05, 0) is 32.0 Å². The molecule has 1 atom stereocenters. The predicted molar refractivity (Wildman–Crippen MR) is 111 cm³/mol. The summed E-state index contributed by atoms with van der Waals surface area (Å²) in [6.45, 7) is 0.153. The van der Waals surface area contributed by atoms with Crippen molar-refractivity contribution in [3.8, 4) is 11.4 Å². The molecule has 1 aromatic carbocycles. The predicted octanol–water partition coefficient (Wildman–Crippen LogP) is 1.99. The normalized spacial score (nSPS) is 17.7. The van der Waals surface area contributed by atoms with Crippen LogP contribution in [0.5, 0.6) is 5.75 Å². The highest BCUT2D eigenvalue weighted by molar-refractivity contribution is 7.93. The van der Waals surface area contributed by atoms with Crippen molar-refractivity contribution < 1.29 is 31.8 Å².